The molecule has 4 heteroatoms. The molecule has 0 heterocycles. The van der Waals surface area contributed by atoms with E-state index in [2.05, 4.69) is 11.8 Å². The number of carbonyl (C=O) groups is 1. The van der Waals surface area contributed by atoms with Crippen molar-refractivity contribution in [3.8, 4) is 11.8 Å². The second kappa shape index (κ2) is 8.61. The van der Waals surface area contributed by atoms with Crippen molar-refractivity contribution in [2.45, 2.75) is 6.92 Å². The molecular formula is C24H17NO3. The Hall–Kier alpha value is -3.97. The molecule has 0 aromatic heterocycles. The van der Waals surface area contributed by atoms with Crippen molar-refractivity contribution >= 4 is 17.0 Å². The number of nitro benzene ring substituents is 1. The van der Waals surface area contributed by atoms with Crippen LogP contribution in [0.2, 0.25) is 0 Å². The average molecular weight is 367 g/mol. The number of ketones is 1. The van der Waals surface area contributed by atoms with Crippen LogP contribution in [0.3, 0.4) is 0 Å². The van der Waals surface area contributed by atoms with E-state index >= 15 is 0 Å². The lowest BCUT2D eigenvalue weighted by Crippen LogP contribution is -2.05. The Bertz CT molecular complexity index is 1090. The molecule has 0 N–H and O–H groups in total. The lowest BCUT2D eigenvalue weighted by molar-refractivity contribution is -0.384. The van der Waals surface area contributed by atoms with Gasteiger partial charge in [-0.15, -0.1) is 0 Å². The van der Waals surface area contributed by atoms with E-state index in [4.69, 9.17) is 0 Å². The maximum atomic E-state index is 13.2. The summed E-state index contributed by atoms with van der Waals surface area (Å²) >= 11 is 0. The summed E-state index contributed by atoms with van der Waals surface area (Å²) < 4.78 is 0. The van der Waals surface area contributed by atoms with Crippen molar-refractivity contribution < 1.29 is 9.72 Å². The summed E-state index contributed by atoms with van der Waals surface area (Å²) in [5.74, 6) is 5.95. The second-order valence-electron chi connectivity index (χ2n) is 6.12. The van der Waals surface area contributed by atoms with Crippen LogP contribution in [0, 0.1) is 22.0 Å². The van der Waals surface area contributed by atoms with Crippen molar-refractivity contribution in [1.29, 1.82) is 0 Å². The van der Waals surface area contributed by atoms with E-state index in [1.807, 2.05) is 36.4 Å². The fourth-order valence-electron chi connectivity index (χ4n) is 2.75. The van der Waals surface area contributed by atoms with Gasteiger partial charge in [0.25, 0.3) is 5.69 Å². The smallest absolute Gasteiger partial charge is 0.269 e. The van der Waals surface area contributed by atoms with Crippen LogP contribution in [-0.4, -0.2) is 10.7 Å². The van der Waals surface area contributed by atoms with Crippen molar-refractivity contribution in [2.75, 3.05) is 0 Å². The van der Waals surface area contributed by atoms with E-state index in [-0.39, 0.29) is 11.5 Å². The Morgan fingerprint density at radius 1 is 0.821 bits per heavy atom. The first-order valence-electron chi connectivity index (χ1n) is 8.69. The molecule has 3 aromatic carbocycles. The topological polar surface area (TPSA) is 60.2 Å². The molecule has 0 aliphatic rings. The van der Waals surface area contributed by atoms with Gasteiger partial charge in [-0.3, -0.25) is 14.9 Å². The van der Waals surface area contributed by atoms with Crippen molar-refractivity contribution in [3.05, 3.63) is 117 Å². The minimum Gasteiger partial charge on any atom is -0.289 e. The minimum absolute atomic E-state index is 0.0247. The van der Waals surface area contributed by atoms with E-state index in [0.29, 0.717) is 22.3 Å². The lowest BCUT2D eigenvalue weighted by atomic mass is 9.92. The summed E-state index contributed by atoms with van der Waals surface area (Å²) in [5.41, 5.74) is 2.99. The predicted molar refractivity (Wildman–Crippen MR) is 110 cm³/mol. The molecule has 3 aromatic rings. The molecule has 3 rings (SSSR count). The maximum Gasteiger partial charge on any atom is 0.269 e. The highest BCUT2D eigenvalue weighted by molar-refractivity contribution is 6.30. The third-order valence-electron chi connectivity index (χ3n) is 4.17. The van der Waals surface area contributed by atoms with Gasteiger partial charge < -0.3 is 0 Å². The minimum atomic E-state index is -0.464. The standard InChI is InChI=1S/C24H17NO3/c1-18(12-13-19-8-4-2-5-9-19)23(24(26)21-10-6-3-7-11-21)20-14-16-22(17-15-20)25(27)28/h2-11,14-17H,1H3/b23-18+. The van der Waals surface area contributed by atoms with Crippen molar-refractivity contribution in [1.82, 2.24) is 0 Å². The Morgan fingerprint density at radius 2 is 1.39 bits per heavy atom. The van der Waals surface area contributed by atoms with Crippen LogP contribution in [0.15, 0.2) is 90.5 Å². The molecule has 0 aliphatic heterocycles. The first kappa shape index (κ1) is 18.8. The van der Waals surface area contributed by atoms with Gasteiger partial charge >= 0.3 is 0 Å². The number of rotatable bonds is 4. The molecule has 0 fully saturated rings. The molecule has 136 valence electrons. The molecule has 28 heavy (non-hydrogen) atoms. The molecule has 0 saturated carbocycles. The normalized spacial score (nSPS) is 11.0. The Balaban J connectivity index is 2.09. The quantitative estimate of drug-likeness (QED) is 0.207. The zero-order valence-electron chi connectivity index (χ0n) is 15.3. The van der Waals surface area contributed by atoms with Gasteiger partial charge in [-0.2, -0.15) is 0 Å². The van der Waals surface area contributed by atoms with Gasteiger partial charge in [0.1, 0.15) is 0 Å². The number of non-ortho nitro benzene ring substituents is 1. The molecular weight excluding hydrogens is 350 g/mol. The molecule has 0 spiro atoms. The van der Waals surface area contributed by atoms with Gasteiger partial charge in [0.15, 0.2) is 5.78 Å². The van der Waals surface area contributed by atoms with Crippen LogP contribution < -0.4 is 0 Å². The summed E-state index contributed by atoms with van der Waals surface area (Å²) in [6, 6.07) is 24.4. The van der Waals surface area contributed by atoms with E-state index in [1.54, 1.807) is 43.3 Å². The number of hydrogen-bond acceptors (Lipinski definition) is 3. The van der Waals surface area contributed by atoms with Gasteiger partial charge in [0.05, 0.1) is 4.92 Å². The summed E-state index contributed by atoms with van der Waals surface area (Å²) in [5, 5.41) is 10.9. The zero-order chi connectivity index (χ0) is 19.9. The Labute approximate surface area is 163 Å². The summed E-state index contributed by atoms with van der Waals surface area (Å²) in [7, 11) is 0. The third-order valence-corrected chi connectivity index (χ3v) is 4.17. The van der Waals surface area contributed by atoms with Crippen molar-refractivity contribution in [2.24, 2.45) is 0 Å². The summed E-state index contributed by atoms with van der Waals surface area (Å²) in [4.78, 5) is 23.6. The average Bonchev–Trinajstić information content (AvgIpc) is 2.74. The molecule has 0 atom stereocenters. The Morgan fingerprint density at radius 3 is 1.96 bits per heavy atom. The highest BCUT2D eigenvalue weighted by Gasteiger charge is 2.18. The molecule has 0 bridgehead atoms. The number of carbonyl (C=O) groups excluding carboxylic acids is 1. The van der Waals surface area contributed by atoms with Crippen molar-refractivity contribution in [3.63, 3.8) is 0 Å². The van der Waals surface area contributed by atoms with Gasteiger partial charge in [-0.25, -0.2) is 0 Å². The molecule has 0 radical (unpaired) electrons. The van der Waals surface area contributed by atoms with Crippen LogP contribution in [0.1, 0.15) is 28.4 Å². The van der Waals surface area contributed by atoms with Gasteiger partial charge in [-0.05, 0) is 36.8 Å². The molecule has 0 saturated heterocycles. The number of allylic oxidation sites excluding steroid dienone is 2. The fraction of sp³-hybridized carbons (Fsp3) is 0.0417. The first-order valence-corrected chi connectivity index (χ1v) is 8.69. The first-order chi connectivity index (χ1) is 13.6. The summed E-state index contributed by atoms with van der Waals surface area (Å²) in [6.07, 6.45) is 0. The molecule has 0 aliphatic carbocycles. The molecule has 0 amide bonds. The zero-order valence-corrected chi connectivity index (χ0v) is 15.3. The van der Waals surface area contributed by atoms with Gasteiger partial charge in [0.2, 0.25) is 0 Å². The number of hydrogen-bond donors (Lipinski definition) is 0. The monoisotopic (exact) mass is 367 g/mol. The molecule has 4 nitrogen and oxygen atoms in total. The second-order valence-corrected chi connectivity index (χ2v) is 6.12. The van der Waals surface area contributed by atoms with Gasteiger partial charge in [0, 0.05) is 34.4 Å². The number of nitro groups is 1. The SMILES string of the molecule is C/C(C#Cc1ccccc1)=C(\C(=O)c1ccccc1)c1ccc([N+](=O)[O-])cc1. The highest BCUT2D eigenvalue weighted by atomic mass is 16.6. The van der Waals surface area contributed by atoms with Gasteiger partial charge in [-0.1, -0.05) is 60.4 Å². The summed E-state index contributed by atoms with van der Waals surface area (Å²) in [6.45, 7) is 1.79. The lowest BCUT2D eigenvalue weighted by Gasteiger charge is -2.09. The maximum absolute atomic E-state index is 13.2. The largest absolute Gasteiger partial charge is 0.289 e. The van der Waals surface area contributed by atoms with E-state index < -0.39 is 4.92 Å². The van der Waals surface area contributed by atoms with Crippen LogP contribution >= 0.6 is 0 Å². The van der Waals surface area contributed by atoms with Crippen LogP contribution in [0.25, 0.3) is 5.57 Å². The fourth-order valence-corrected chi connectivity index (χ4v) is 2.75. The van der Waals surface area contributed by atoms with E-state index in [1.165, 1.54) is 12.1 Å². The number of nitrogens with zero attached hydrogens (tertiary/aromatic N) is 1. The van der Waals surface area contributed by atoms with Crippen LogP contribution in [0.4, 0.5) is 5.69 Å². The van der Waals surface area contributed by atoms with E-state index in [0.717, 1.165) is 5.56 Å². The molecule has 0 unspecified atom stereocenters. The number of Topliss-reactive ketones (excluding diaryl/α,β-unsaturated/α-hetero) is 1. The third kappa shape index (κ3) is 4.40. The highest BCUT2D eigenvalue weighted by Crippen LogP contribution is 2.25. The van der Waals surface area contributed by atoms with Crippen LogP contribution in [0.5, 0.6) is 0 Å². The van der Waals surface area contributed by atoms with E-state index in [9.17, 15) is 14.9 Å². The number of benzene rings is 3. The predicted octanol–water partition coefficient (Wildman–Crippen LogP) is 5.30. The van der Waals surface area contributed by atoms with Crippen LogP contribution in [-0.2, 0) is 0 Å². The Kier molecular flexibility index (Phi) is 5.78.